The molecule has 0 aromatic heterocycles. The zero-order valence-corrected chi connectivity index (χ0v) is 14.6. The van der Waals surface area contributed by atoms with Crippen molar-refractivity contribution in [2.75, 3.05) is 0 Å². The number of Topliss-reactive ketones (excluding diaryl/α,β-unsaturated/α-hetero) is 1. The number of nitrogens with zero attached hydrogens (tertiary/aromatic N) is 1. The molecule has 26 heavy (non-hydrogen) atoms. The summed E-state index contributed by atoms with van der Waals surface area (Å²) in [5.41, 5.74) is 3.65. The van der Waals surface area contributed by atoms with Crippen LogP contribution in [0.2, 0.25) is 0 Å². The average molecular weight is 339 g/mol. The molecule has 3 aromatic rings. The van der Waals surface area contributed by atoms with E-state index < -0.39 is 5.54 Å². The molecule has 128 valence electrons. The quantitative estimate of drug-likeness (QED) is 0.569. The maximum Gasteiger partial charge on any atom is 0.165 e. The van der Waals surface area contributed by atoms with Gasteiger partial charge in [-0.25, -0.2) is 0 Å². The van der Waals surface area contributed by atoms with Crippen LogP contribution < -0.4 is 0 Å². The van der Waals surface area contributed by atoms with Crippen LogP contribution in [0.25, 0.3) is 0 Å². The summed E-state index contributed by atoms with van der Waals surface area (Å²) in [7, 11) is 0. The summed E-state index contributed by atoms with van der Waals surface area (Å²) >= 11 is 0. The molecule has 1 aliphatic rings. The van der Waals surface area contributed by atoms with Gasteiger partial charge in [-0.1, -0.05) is 91.0 Å². The van der Waals surface area contributed by atoms with Crippen molar-refractivity contribution in [2.24, 2.45) is 4.99 Å². The first-order chi connectivity index (χ1) is 12.8. The van der Waals surface area contributed by atoms with Gasteiger partial charge >= 0.3 is 0 Å². The summed E-state index contributed by atoms with van der Waals surface area (Å²) in [5, 5.41) is 0. The second-order valence-corrected chi connectivity index (χ2v) is 6.79. The Morgan fingerprint density at radius 3 is 2.04 bits per heavy atom. The lowest BCUT2D eigenvalue weighted by atomic mass is 9.82. The smallest absolute Gasteiger partial charge is 0.165 e. The van der Waals surface area contributed by atoms with Crippen molar-refractivity contribution < 1.29 is 4.79 Å². The van der Waals surface area contributed by atoms with Crippen LogP contribution >= 0.6 is 0 Å². The Balaban J connectivity index is 1.73. The number of hydrogen-bond acceptors (Lipinski definition) is 2. The molecule has 0 spiro atoms. The van der Waals surface area contributed by atoms with E-state index in [-0.39, 0.29) is 5.78 Å². The summed E-state index contributed by atoms with van der Waals surface area (Å²) in [4.78, 5) is 18.1. The van der Waals surface area contributed by atoms with Crippen LogP contribution in [0.5, 0.6) is 0 Å². The predicted octanol–water partition coefficient (Wildman–Crippen LogP) is 5.44. The minimum Gasteiger partial charge on any atom is -0.294 e. The van der Waals surface area contributed by atoms with Gasteiger partial charge in [0.05, 0.1) is 5.54 Å². The lowest BCUT2D eigenvalue weighted by Gasteiger charge is -2.26. The largest absolute Gasteiger partial charge is 0.294 e. The first-order valence-corrected chi connectivity index (χ1v) is 9.05. The predicted molar refractivity (Wildman–Crippen MR) is 106 cm³/mol. The van der Waals surface area contributed by atoms with E-state index in [1.807, 2.05) is 66.7 Å². The van der Waals surface area contributed by atoms with Gasteiger partial charge in [-0.3, -0.25) is 9.79 Å². The molecule has 0 radical (unpaired) electrons. The fourth-order valence-electron chi connectivity index (χ4n) is 3.71. The molecule has 0 saturated carbocycles. The molecule has 2 nitrogen and oxygen atoms in total. The Labute approximate surface area is 154 Å². The SMILES string of the molecule is O=C(CC1(c2ccccc2)CCC(c2ccccc2)=N1)c1ccccc1. The fourth-order valence-corrected chi connectivity index (χ4v) is 3.71. The third-order valence-electron chi connectivity index (χ3n) is 5.09. The van der Waals surface area contributed by atoms with Crippen LogP contribution in [0, 0.1) is 0 Å². The van der Waals surface area contributed by atoms with E-state index >= 15 is 0 Å². The van der Waals surface area contributed by atoms with Gasteiger partial charge in [-0.2, -0.15) is 0 Å². The van der Waals surface area contributed by atoms with Crippen LogP contribution in [-0.2, 0) is 5.54 Å². The Hall–Kier alpha value is -3.00. The highest BCUT2D eigenvalue weighted by molar-refractivity contribution is 6.03. The van der Waals surface area contributed by atoms with Gasteiger partial charge in [0.1, 0.15) is 0 Å². The van der Waals surface area contributed by atoms with E-state index in [2.05, 4.69) is 24.3 Å². The Kier molecular flexibility index (Phi) is 4.49. The summed E-state index contributed by atoms with van der Waals surface area (Å²) < 4.78 is 0. The number of benzene rings is 3. The minimum absolute atomic E-state index is 0.146. The zero-order valence-electron chi connectivity index (χ0n) is 14.6. The second kappa shape index (κ2) is 7.09. The summed E-state index contributed by atoms with van der Waals surface area (Å²) in [6.45, 7) is 0. The van der Waals surface area contributed by atoms with Crippen LogP contribution in [0.3, 0.4) is 0 Å². The fraction of sp³-hybridized carbons (Fsp3) is 0.167. The molecule has 1 aliphatic heterocycles. The lowest BCUT2D eigenvalue weighted by Crippen LogP contribution is -2.25. The molecule has 1 atom stereocenters. The second-order valence-electron chi connectivity index (χ2n) is 6.79. The number of carbonyl (C=O) groups excluding carboxylic acids is 1. The van der Waals surface area contributed by atoms with Crippen molar-refractivity contribution in [2.45, 2.75) is 24.8 Å². The Morgan fingerprint density at radius 2 is 1.38 bits per heavy atom. The maximum absolute atomic E-state index is 13.0. The average Bonchev–Trinajstić information content (AvgIpc) is 3.15. The molecule has 3 aromatic carbocycles. The van der Waals surface area contributed by atoms with Gasteiger partial charge in [0, 0.05) is 17.7 Å². The van der Waals surface area contributed by atoms with E-state index in [0.29, 0.717) is 6.42 Å². The molecule has 4 rings (SSSR count). The molecular formula is C24H21NO. The maximum atomic E-state index is 13.0. The van der Waals surface area contributed by atoms with E-state index in [1.54, 1.807) is 0 Å². The number of rotatable bonds is 5. The highest BCUT2D eigenvalue weighted by atomic mass is 16.1. The summed E-state index contributed by atoms with van der Waals surface area (Å²) in [6.07, 6.45) is 2.15. The van der Waals surface area contributed by atoms with Gasteiger partial charge < -0.3 is 0 Å². The van der Waals surface area contributed by atoms with Crippen LogP contribution in [0.1, 0.15) is 40.7 Å². The van der Waals surface area contributed by atoms with Crippen molar-refractivity contribution >= 4 is 11.5 Å². The van der Waals surface area contributed by atoms with Gasteiger partial charge in [-0.05, 0) is 24.0 Å². The summed E-state index contributed by atoms with van der Waals surface area (Å²) in [6, 6.07) is 30.1. The van der Waals surface area contributed by atoms with Crippen molar-refractivity contribution in [1.82, 2.24) is 0 Å². The van der Waals surface area contributed by atoms with E-state index in [1.165, 1.54) is 0 Å². The van der Waals surface area contributed by atoms with Crippen LogP contribution in [0.15, 0.2) is 96.0 Å². The Bertz CT molecular complexity index is 916. The first-order valence-electron chi connectivity index (χ1n) is 9.05. The highest BCUT2D eigenvalue weighted by Crippen LogP contribution is 2.41. The third kappa shape index (κ3) is 3.23. The van der Waals surface area contributed by atoms with Crippen molar-refractivity contribution in [3.05, 3.63) is 108 Å². The zero-order chi connectivity index (χ0) is 17.8. The number of ketones is 1. The van der Waals surface area contributed by atoms with Crippen LogP contribution in [-0.4, -0.2) is 11.5 Å². The van der Waals surface area contributed by atoms with Gasteiger partial charge in [0.25, 0.3) is 0 Å². The molecule has 0 amide bonds. The van der Waals surface area contributed by atoms with E-state index in [4.69, 9.17) is 4.99 Å². The minimum atomic E-state index is -0.473. The molecule has 0 fully saturated rings. The number of hydrogen-bond donors (Lipinski definition) is 0. The van der Waals surface area contributed by atoms with Gasteiger partial charge in [0.15, 0.2) is 5.78 Å². The van der Waals surface area contributed by atoms with Crippen molar-refractivity contribution in [3.8, 4) is 0 Å². The molecule has 0 saturated heterocycles. The summed E-state index contributed by atoms with van der Waals surface area (Å²) in [5.74, 6) is 0.146. The van der Waals surface area contributed by atoms with Gasteiger partial charge in [0.2, 0.25) is 0 Å². The van der Waals surface area contributed by atoms with E-state index in [9.17, 15) is 4.79 Å². The van der Waals surface area contributed by atoms with Gasteiger partial charge in [-0.15, -0.1) is 0 Å². The molecule has 1 unspecified atom stereocenters. The topological polar surface area (TPSA) is 29.4 Å². The monoisotopic (exact) mass is 339 g/mol. The first kappa shape index (κ1) is 16.5. The third-order valence-corrected chi connectivity index (χ3v) is 5.09. The molecule has 0 N–H and O–H groups in total. The lowest BCUT2D eigenvalue weighted by molar-refractivity contribution is 0.0950. The van der Waals surface area contributed by atoms with Crippen molar-refractivity contribution in [3.63, 3.8) is 0 Å². The molecule has 1 heterocycles. The molecule has 0 bridgehead atoms. The molecule has 2 heteroatoms. The Morgan fingerprint density at radius 1 is 0.808 bits per heavy atom. The van der Waals surface area contributed by atoms with E-state index in [0.717, 1.165) is 35.2 Å². The normalized spacial score (nSPS) is 19.2. The molecule has 0 aliphatic carbocycles. The van der Waals surface area contributed by atoms with Crippen molar-refractivity contribution in [1.29, 1.82) is 0 Å². The molecular weight excluding hydrogens is 318 g/mol. The standard InChI is InChI=1S/C24H21NO/c26-23(20-12-6-2-7-13-20)18-24(21-14-8-3-9-15-21)17-16-22(25-24)19-10-4-1-5-11-19/h1-15H,16-18H2. The number of carbonyl (C=O) groups is 1. The number of aliphatic imine (C=N–C) groups is 1. The van der Waals surface area contributed by atoms with Crippen LogP contribution in [0.4, 0.5) is 0 Å². The highest BCUT2D eigenvalue weighted by Gasteiger charge is 2.39.